The van der Waals surface area contributed by atoms with Gasteiger partial charge in [0.1, 0.15) is 0 Å². The summed E-state index contributed by atoms with van der Waals surface area (Å²) in [5.41, 5.74) is -0.867. The van der Waals surface area contributed by atoms with Gasteiger partial charge < -0.3 is 14.9 Å². The first-order valence-corrected chi connectivity index (χ1v) is 12.3. The third kappa shape index (κ3) is 2.65. The molecular formula is C26H44O3. The fourth-order valence-electron chi connectivity index (χ4n) is 9.26. The number of hydrogen-bond donors (Lipinski definition) is 2. The van der Waals surface area contributed by atoms with E-state index in [2.05, 4.69) is 48.5 Å². The number of hydrogen-bond acceptors (Lipinski definition) is 3. The molecule has 7 aliphatic carbocycles. The van der Waals surface area contributed by atoms with Crippen molar-refractivity contribution in [3.63, 3.8) is 0 Å². The summed E-state index contributed by atoms with van der Waals surface area (Å²) >= 11 is 0. The van der Waals surface area contributed by atoms with Crippen LogP contribution in [0.4, 0.5) is 0 Å². The van der Waals surface area contributed by atoms with Crippen LogP contribution in [0.15, 0.2) is 0 Å². The monoisotopic (exact) mass is 404 g/mol. The topological polar surface area (TPSA) is 49.7 Å². The number of aliphatic hydroxyl groups is 2. The van der Waals surface area contributed by atoms with E-state index >= 15 is 0 Å². The highest BCUT2D eigenvalue weighted by atomic mass is 16.6. The van der Waals surface area contributed by atoms with Crippen molar-refractivity contribution < 1.29 is 14.9 Å². The van der Waals surface area contributed by atoms with Gasteiger partial charge in [0.25, 0.3) is 0 Å². The quantitative estimate of drug-likeness (QED) is 0.618. The molecule has 7 rings (SSSR count). The smallest absolute Gasteiger partial charge is 0.161 e. The molecule has 0 aliphatic heterocycles. The maximum Gasteiger partial charge on any atom is 0.161 e. The van der Waals surface area contributed by atoms with E-state index in [0.717, 1.165) is 19.3 Å². The van der Waals surface area contributed by atoms with Crippen LogP contribution in [-0.2, 0) is 4.74 Å². The molecule has 3 heteroatoms. The largest absolute Gasteiger partial charge is 0.389 e. The molecule has 3 nitrogen and oxygen atoms in total. The Hall–Kier alpha value is -0.120. The Bertz CT molecular complexity index is 661. The molecule has 8 bridgehead atoms. The molecule has 7 aliphatic rings. The SMILES string of the molecule is CC(C)(C)CC(C)(C(O)OC12CC3CC4C1CC1CC2[C@H](C3)C4(O)C1)C(C)(C)C. The van der Waals surface area contributed by atoms with Crippen molar-refractivity contribution >= 4 is 0 Å². The molecule has 0 spiro atoms. The zero-order valence-corrected chi connectivity index (χ0v) is 19.8. The normalized spacial score (nSPS) is 50.8. The fourth-order valence-corrected chi connectivity index (χ4v) is 9.26. The lowest BCUT2D eigenvalue weighted by molar-refractivity contribution is -0.389. The van der Waals surface area contributed by atoms with E-state index in [-0.39, 0.29) is 21.8 Å². The number of aliphatic hydroxyl groups excluding tert-OH is 1. The summed E-state index contributed by atoms with van der Waals surface area (Å²) in [5, 5.41) is 23.4. The first-order valence-electron chi connectivity index (χ1n) is 12.3. The highest BCUT2D eigenvalue weighted by molar-refractivity contribution is 5.25. The Morgan fingerprint density at radius 3 is 1.79 bits per heavy atom. The molecule has 0 aromatic rings. The van der Waals surface area contributed by atoms with Gasteiger partial charge in [-0.25, -0.2) is 0 Å². The summed E-state index contributed by atoms with van der Waals surface area (Å²) in [6.07, 6.45) is 7.12. The predicted molar refractivity (Wildman–Crippen MR) is 115 cm³/mol. The Morgan fingerprint density at radius 2 is 1.31 bits per heavy atom. The van der Waals surface area contributed by atoms with E-state index in [1.165, 1.54) is 25.7 Å². The lowest BCUT2D eigenvalue weighted by atomic mass is 9.32. The average Bonchev–Trinajstić information content (AvgIpc) is 2.56. The summed E-state index contributed by atoms with van der Waals surface area (Å²) < 4.78 is 7.01. The van der Waals surface area contributed by atoms with Crippen LogP contribution in [0.5, 0.6) is 0 Å². The van der Waals surface area contributed by atoms with Crippen LogP contribution in [0.1, 0.15) is 93.4 Å². The second kappa shape index (κ2) is 5.81. The van der Waals surface area contributed by atoms with Crippen molar-refractivity contribution in [2.45, 2.75) is 111 Å². The lowest BCUT2D eigenvalue weighted by Gasteiger charge is -2.76. The molecular weight excluding hydrogens is 360 g/mol. The van der Waals surface area contributed by atoms with Crippen LogP contribution >= 0.6 is 0 Å². The first-order chi connectivity index (χ1) is 13.2. The molecule has 10 atom stereocenters. The average molecular weight is 405 g/mol. The first kappa shape index (κ1) is 20.8. The predicted octanol–water partition coefficient (Wildman–Crippen LogP) is 5.39. The van der Waals surface area contributed by atoms with Gasteiger partial charge in [-0.05, 0) is 91.3 Å². The van der Waals surface area contributed by atoms with Crippen molar-refractivity contribution in [3.8, 4) is 0 Å². The maximum absolute atomic E-state index is 11.7. The van der Waals surface area contributed by atoms with E-state index < -0.39 is 11.9 Å². The van der Waals surface area contributed by atoms with Gasteiger partial charge in [0.15, 0.2) is 6.29 Å². The second-order valence-corrected chi connectivity index (χ2v) is 14.3. The van der Waals surface area contributed by atoms with Gasteiger partial charge in [0.2, 0.25) is 0 Å². The van der Waals surface area contributed by atoms with Crippen molar-refractivity contribution in [2.75, 3.05) is 0 Å². The van der Waals surface area contributed by atoms with Crippen molar-refractivity contribution in [3.05, 3.63) is 0 Å². The van der Waals surface area contributed by atoms with Gasteiger partial charge in [-0.15, -0.1) is 0 Å². The minimum absolute atomic E-state index is 0.0581. The molecule has 0 amide bonds. The third-order valence-electron chi connectivity index (χ3n) is 10.6. The molecule has 7 saturated carbocycles. The Balaban J connectivity index is 1.50. The third-order valence-corrected chi connectivity index (χ3v) is 10.6. The minimum atomic E-state index is -0.757. The van der Waals surface area contributed by atoms with Gasteiger partial charge in [-0.1, -0.05) is 48.5 Å². The Morgan fingerprint density at radius 1 is 0.828 bits per heavy atom. The summed E-state index contributed by atoms with van der Waals surface area (Å²) in [5.74, 6) is 3.07. The van der Waals surface area contributed by atoms with E-state index in [1.807, 2.05) is 0 Å². The summed E-state index contributed by atoms with van der Waals surface area (Å²) in [6.45, 7) is 15.8. The van der Waals surface area contributed by atoms with Crippen LogP contribution in [0.3, 0.4) is 0 Å². The van der Waals surface area contributed by atoms with Crippen LogP contribution in [0, 0.1) is 51.8 Å². The van der Waals surface area contributed by atoms with Crippen LogP contribution in [0.25, 0.3) is 0 Å². The molecule has 0 aromatic heterocycles. The summed E-state index contributed by atoms with van der Waals surface area (Å²) in [7, 11) is 0. The molecule has 0 heterocycles. The van der Waals surface area contributed by atoms with Gasteiger partial charge in [-0.3, -0.25) is 0 Å². The standard InChI is InChI=1S/C26H44O3/c1-22(2,3)14-24(7,23(4,5)6)21(27)29-26-13-16-8-17-19(26)10-15-11-20(26)18(9-16)25(17,28)12-15/h15-21,27-28H,8-14H2,1-7H3/t15?,16?,17-,18?,19?,20?,21?,24?,25?,26?/m0/s1. The van der Waals surface area contributed by atoms with E-state index in [4.69, 9.17) is 4.74 Å². The van der Waals surface area contributed by atoms with E-state index in [9.17, 15) is 10.2 Å². The van der Waals surface area contributed by atoms with Gasteiger partial charge >= 0.3 is 0 Å². The van der Waals surface area contributed by atoms with Crippen molar-refractivity contribution in [1.29, 1.82) is 0 Å². The van der Waals surface area contributed by atoms with Crippen LogP contribution < -0.4 is 0 Å². The van der Waals surface area contributed by atoms with Gasteiger partial charge in [0, 0.05) is 5.41 Å². The minimum Gasteiger partial charge on any atom is -0.389 e. The van der Waals surface area contributed by atoms with Crippen molar-refractivity contribution in [2.24, 2.45) is 51.8 Å². The molecule has 0 radical (unpaired) electrons. The molecule has 29 heavy (non-hydrogen) atoms. The molecule has 0 aromatic carbocycles. The second-order valence-electron chi connectivity index (χ2n) is 14.3. The Kier molecular flexibility index (Phi) is 4.16. The number of rotatable bonds is 4. The maximum atomic E-state index is 11.7. The fraction of sp³-hybridized carbons (Fsp3) is 1.00. The van der Waals surface area contributed by atoms with Gasteiger partial charge in [-0.2, -0.15) is 0 Å². The Labute approximate surface area is 178 Å². The molecule has 2 N–H and O–H groups in total. The number of ether oxygens (including phenoxy) is 1. The van der Waals surface area contributed by atoms with Gasteiger partial charge in [0.05, 0.1) is 11.2 Å². The van der Waals surface area contributed by atoms with E-state index in [1.54, 1.807) is 0 Å². The van der Waals surface area contributed by atoms with Crippen LogP contribution in [0.2, 0.25) is 0 Å². The molecule has 9 unspecified atom stereocenters. The van der Waals surface area contributed by atoms with Crippen LogP contribution in [-0.4, -0.2) is 27.7 Å². The summed E-state index contributed by atoms with van der Waals surface area (Å²) in [4.78, 5) is 0. The highest BCUT2D eigenvalue weighted by Gasteiger charge is 2.76. The molecule has 7 fully saturated rings. The zero-order valence-electron chi connectivity index (χ0n) is 19.8. The van der Waals surface area contributed by atoms with Crippen molar-refractivity contribution in [1.82, 2.24) is 0 Å². The lowest BCUT2D eigenvalue weighted by Crippen LogP contribution is -2.79. The molecule has 166 valence electrons. The summed E-state index contributed by atoms with van der Waals surface area (Å²) in [6, 6.07) is 0. The highest BCUT2D eigenvalue weighted by Crippen LogP contribution is 2.75. The van der Waals surface area contributed by atoms with E-state index in [0.29, 0.717) is 35.5 Å². The molecule has 0 saturated heterocycles. The zero-order chi connectivity index (χ0) is 21.2.